The number of hydrogen-bond acceptors (Lipinski definition) is 3. The van der Waals surface area contributed by atoms with E-state index in [-0.39, 0.29) is 0 Å². The topological polar surface area (TPSA) is 41.5 Å². The van der Waals surface area contributed by atoms with Gasteiger partial charge in [0.05, 0.1) is 12.8 Å². The Balaban J connectivity index is 3.10. The summed E-state index contributed by atoms with van der Waals surface area (Å²) in [6.45, 7) is 0. The Bertz CT molecular complexity index is 230. The van der Waals surface area contributed by atoms with E-state index in [9.17, 15) is 0 Å². The van der Waals surface area contributed by atoms with Gasteiger partial charge in [0.1, 0.15) is 10.8 Å². The highest BCUT2D eigenvalue weighted by Gasteiger charge is 2.03. The maximum Gasteiger partial charge on any atom is 0.139 e. The highest BCUT2D eigenvalue weighted by Crippen LogP contribution is 2.30. The van der Waals surface area contributed by atoms with E-state index in [0.717, 1.165) is 0 Å². The van der Waals surface area contributed by atoms with Crippen LogP contribution in [-0.2, 0) is 0 Å². The number of hydrogen-bond donors (Lipinski definition) is 2. The molecule has 2 N–H and O–H groups in total. The summed E-state index contributed by atoms with van der Waals surface area (Å²) in [5.41, 5.74) is 2.39. The van der Waals surface area contributed by atoms with Crippen molar-refractivity contribution in [3.63, 3.8) is 0 Å². The summed E-state index contributed by atoms with van der Waals surface area (Å²) in [5, 5.41) is 8.92. The molecule has 60 valence electrons. The van der Waals surface area contributed by atoms with E-state index >= 15 is 0 Å². The standard InChI is InChI=1S/C7H8ClNO2/c1-11-6-4-2-3-5(9-10)7(6)8/h2-4,9-10H,1H3. The molecule has 1 rings (SSSR count). The van der Waals surface area contributed by atoms with Gasteiger partial charge >= 0.3 is 0 Å². The van der Waals surface area contributed by atoms with Crippen molar-refractivity contribution in [2.75, 3.05) is 12.6 Å². The van der Waals surface area contributed by atoms with Crippen LogP contribution in [0, 0.1) is 0 Å². The van der Waals surface area contributed by atoms with Crippen molar-refractivity contribution in [1.29, 1.82) is 0 Å². The van der Waals surface area contributed by atoms with E-state index in [1.165, 1.54) is 7.11 Å². The lowest BCUT2D eigenvalue weighted by Crippen LogP contribution is -1.92. The molecule has 0 radical (unpaired) electrons. The number of nitrogens with one attached hydrogen (secondary N) is 1. The molecule has 0 heterocycles. The van der Waals surface area contributed by atoms with E-state index in [1.54, 1.807) is 18.2 Å². The van der Waals surface area contributed by atoms with Gasteiger partial charge in [-0.05, 0) is 12.1 Å². The van der Waals surface area contributed by atoms with Crippen LogP contribution in [0.1, 0.15) is 0 Å². The molecule has 0 saturated heterocycles. The maximum absolute atomic E-state index is 8.55. The first-order chi connectivity index (χ1) is 5.29. The second-order valence-corrected chi connectivity index (χ2v) is 2.31. The quantitative estimate of drug-likeness (QED) is 0.674. The van der Waals surface area contributed by atoms with Gasteiger partial charge in [-0.25, -0.2) is 0 Å². The van der Waals surface area contributed by atoms with Crippen molar-refractivity contribution in [3.8, 4) is 5.75 Å². The lowest BCUT2D eigenvalue weighted by molar-refractivity contribution is 0.386. The molecule has 0 fully saturated rings. The zero-order valence-electron chi connectivity index (χ0n) is 5.97. The number of ether oxygens (including phenoxy) is 1. The largest absolute Gasteiger partial charge is 0.495 e. The van der Waals surface area contributed by atoms with Gasteiger partial charge in [-0.15, -0.1) is 0 Å². The Morgan fingerprint density at radius 1 is 1.55 bits per heavy atom. The predicted octanol–water partition coefficient (Wildman–Crippen LogP) is 2.15. The summed E-state index contributed by atoms with van der Waals surface area (Å²) in [5.74, 6) is 0.533. The van der Waals surface area contributed by atoms with Crippen LogP contribution in [0.25, 0.3) is 0 Å². The van der Waals surface area contributed by atoms with E-state index in [2.05, 4.69) is 0 Å². The summed E-state index contributed by atoms with van der Waals surface area (Å²) < 4.78 is 4.90. The molecule has 0 aliphatic heterocycles. The fraction of sp³-hybridized carbons (Fsp3) is 0.143. The van der Waals surface area contributed by atoms with E-state index < -0.39 is 0 Å². The SMILES string of the molecule is COc1cccc(NO)c1Cl. The first kappa shape index (κ1) is 8.17. The lowest BCUT2D eigenvalue weighted by Gasteiger charge is -2.05. The number of anilines is 1. The van der Waals surface area contributed by atoms with Gasteiger partial charge in [-0.2, -0.15) is 0 Å². The minimum atomic E-state index is 0.373. The molecule has 11 heavy (non-hydrogen) atoms. The van der Waals surface area contributed by atoms with Crippen LogP contribution in [-0.4, -0.2) is 12.3 Å². The highest BCUT2D eigenvalue weighted by atomic mass is 35.5. The van der Waals surface area contributed by atoms with Crippen LogP contribution in [0.4, 0.5) is 5.69 Å². The van der Waals surface area contributed by atoms with Gasteiger partial charge in [-0.3, -0.25) is 10.7 Å². The van der Waals surface area contributed by atoms with Gasteiger partial charge < -0.3 is 4.74 Å². The number of benzene rings is 1. The molecule has 4 heteroatoms. The second kappa shape index (κ2) is 3.46. The first-order valence-corrected chi connectivity index (χ1v) is 3.40. The Morgan fingerprint density at radius 3 is 2.82 bits per heavy atom. The minimum absolute atomic E-state index is 0.373. The Labute approximate surface area is 69.5 Å². The zero-order chi connectivity index (χ0) is 8.27. The second-order valence-electron chi connectivity index (χ2n) is 1.93. The molecule has 1 aromatic carbocycles. The first-order valence-electron chi connectivity index (χ1n) is 3.02. The van der Waals surface area contributed by atoms with E-state index in [4.69, 9.17) is 21.5 Å². The molecule has 0 atom stereocenters. The summed E-state index contributed by atoms with van der Waals surface area (Å²) in [7, 11) is 1.52. The lowest BCUT2D eigenvalue weighted by atomic mass is 10.3. The number of methoxy groups -OCH3 is 1. The van der Waals surface area contributed by atoms with E-state index in [1.807, 2.05) is 5.48 Å². The van der Waals surface area contributed by atoms with Crippen molar-refractivity contribution in [1.82, 2.24) is 0 Å². The van der Waals surface area contributed by atoms with Crippen molar-refractivity contribution >= 4 is 17.3 Å². The summed E-state index contributed by atoms with van der Waals surface area (Å²) in [4.78, 5) is 0. The molecule has 0 bridgehead atoms. The third kappa shape index (κ3) is 1.56. The summed E-state index contributed by atoms with van der Waals surface area (Å²) in [6, 6.07) is 5.08. The average molecular weight is 174 g/mol. The monoisotopic (exact) mass is 173 g/mol. The molecule has 0 spiro atoms. The third-order valence-corrected chi connectivity index (χ3v) is 1.69. The number of halogens is 1. The highest BCUT2D eigenvalue weighted by molar-refractivity contribution is 6.34. The predicted molar refractivity (Wildman–Crippen MR) is 43.4 cm³/mol. The molecular formula is C7H8ClNO2. The fourth-order valence-electron chi connectivity index (χ4n) is 0.755. The zero-order valence-corrected chi connectivity index (χ0v) is 6.72. The van der Waals surface area contributed by atoms with Crippen LogP contribution >= 0.6 is 11.6 Å². The Kier molecular flexibility index (Phi) is 2.57. The fourth-order valence-corrected chi connectivity index (χ4v) is 1.00. The summed E-state index contributed by atoms with van der Waals surface area (Å²) in [6.07, 6.45) is 0. The molecule has 0 aromatic heterocycles. The van der Waals surface area contributed by atoms with Crippen molar-refractivity contribution in [2.45, 2.75) is 0 Å². The Hall–Kier alpha value is -0.930. The molecule has 0 aliphatic rings. The van der Waals surface area contributed by atoms with Crippen molar-refractivity contribution in [2.24, 2.45) is 0 Å². The van der Waals surface area contributed by atoms with Crippen LogP contribution in [0.3, 0.4) is 0 Å². The molecule has 3 nitrogen and oxygen atoms in total. The molecule has 0 aliphatic carbocycles. The smallest absolute Gasteiger partial charge is 0.139 e. The Morgan fingerprint density at radius 2 is 2.27 bits per heavy atom. The normalized spacial score (nSPS) is 9.36. The molecule has 0 amide bonds. The van der Waals surface area contributed by atoms with Gasteiger partial charge in [-0.1, -0.05) is 17.7 Å². The maximum atomic E-state index is 8.55. The van der Waals surface area contributed by atoms with Gasteiger partial charge in [0.15, 0.2) is 0 Å². The van der Waals surface area contributed by atoms with Crippen LogP contribution in [0.5, 0.6) is 5.75 Å². The molecule has 0 saturated carbocycles. The van der Waals surface area contributed by atoms with Crippen LogP contribution in [0.15, 0.2) is 18.2 Å². The van der Waals surface area contributed by atoms with Crippen LogP contribution < -0.4 is 10.2 Å². The molecule has 1 aromatic rings. The van der Waals surface area contributed by atoms with Crippen molar-refractivity contribution in [3.05, 3.63) is 23.2 Å². The third-order valence-electron chi connectivity index (χ3n) is 1.30. The average Bonchev–Trinajstić information content (AvgIpc) is 2.05. The van der Waals surface area contributed by atoms with Crippen LogP contribution in [0.2, 0.25) is 5.02 Å². The van der Waals surface area contributed by atoms with Crippen molar-refractivity contribution < 1.29 is 9.94 Å². The van der Waals surface area contributed by atoms with Gasteiger partial charge in [0.25, 0.3) is 0 Å². The minimum Gasteiger partial charge on any atom is -0.495 e. The van der Waals surface area contributed by atoms with Gasteiger partial charge in [0.2, 0.25) is 0 Å². The molecule has 0 unspecified atom stereocenters. The summed E-state index contributed by atoms with van der Waals surface area (Å²) >= 11 is 5.76. The number of rotatable bonds is 2. The van der Waals surface area contributed by atoms with Gasteiger partial charge in [0, 0.05) is 0 Å². The van der Waals surface area contributed by atoms with E-state index in [0.29, 0.717) is 16.5 Å². The molecular weight excluding hydrogens is 166 g/mol.